The molecule has 3 rings (SSSR count). The Morgan fingerprint density at radius 3 is 3.06 bits per heavy atom. The molecule has 1 aromatic heterocycles. The van der Waals surface area contributed by atoms with Crippen molar-refractivity contribution in [2.45, 2.75) is 37.8 Å². The highest BCUT2D eigenvalue weighted by atomic mass is 35.5. The van der Waals surface area contributed by atoms with E-state index in [1.54, 1.807) is 0 Å². The second-order valence-electron chi connectivity index (χ2n) is 4.60. The summed E-state index contributed by atoms with van der Waals surface area (Å²) in [6, 6.07) is 0. The van der Waals surface area contributed by atoms with Gasteiger partial charge in [0.05, 0.1) is 11.9 Å². The number of imidazole rings is 1. The summed E-state index contributed by atoms with van der Waals surface area (Å²) in [5.74, 6) is 4.09. The molecule has 5 heteroatoms. The van der Waals surface area contributed by atoms with Crippen molar-refractivity contribution in [1.82, 2.24) is 9.55 Å². The quantitative estimate of drug-likeness (QED) is 0.841. The molecular formula is C11H16ClN3S. The van der Waals surface area contributed by atoms with E-state index >= 15 is 0 Å². The Balaban J connectivity index is 2.04. The summed E-state index contributed by atoms with van der Waals surface area (Å²) >= 11 is 8.21. The van der Waals surface area contributed by atoms with Gasteiger partial charge in [0, 0.05) is 11.7 Å². The maximum absolute atomic E-state index is 6.21. The second kappa shape index (κ2) is 4.24. The topological polar surface area (TPSA) is 43.8 Å². The third-order valence-corrected chi connectivity index (χ3v) is 4.99. The lowest BCUT2D eigenvalue weighted by Gasteiger charge is -2.25. The molecule has 0 spiro atoms. The van der Waals surface area contributed by atoms with Crippen LogP contribution >= 0.6 is 23.4 Å². The van der Waals surface area contributed by atoms with Crippen LogP contribution in [0.2, 0.25) is 5.15 Å². The molecule has 88 valence electrons. The molecule has 2 N–H and O–H groups in total. The van der Waals surface area contributed by atoms with Crippen molar-refractivity contribution in [3.05, 3.63) is 16.7 Å². The molecule has 2 unspecified atom stereocenters. The zero-order valence-corrected chi connectivity index (χ0v) is 10.7. The largest absolute Gasteiger partial charge is 0.314 e. The number of hydrogen-bond donors (Lipinski definition) is 1. The molecule has 0 aromatic carbocycles. The normalized spacial score (nSPS) is 29.4. The fraction of sp³-hybridized carbons (Fsp3) is 0.727. The second-order valence-corrected chi connectivity index (χ2v) is 6.11. The van der Waals surface area contributed by atoms with Gasteiger partial charge in [0.1, 0.15) is 5.82 Å². The van der Waals surface area contributed by atoms with Gasteiger partial charge in [-0.25, -0.2) is 4.98 Å². The minimum Gasteiger partial charge on any atom is -0.314 e. The van der Waals surface area contributed by atoms with Gasteiger partial charge in [0.2, 0.25) is 0 Å². The van der Waals surface area contributed by atoms with Crippen molar-refractivity contribution in [1.29, 1.82) is 0 Å². The van der Waals surface area contributed by atoms with Gasteiger partial charge in [-0.3, -0.25) is 0 Å². The molecule has 2 aliphatic rings. The van der Waals surface area contributed by atoms with E-state index in [0.717, 1.165) is 30.8 Å². The molecule has 16 heavy (non-hydrogen) atoms. The first-order valence-corrected chi connectivity index (χ1v) is 7.40. The van der Waals surface area contributed by atoms with Gasteiger partial charge in [-0.1, -0.05) is 11.6 Å². The van der Waals surface area contributed by atoms with Crippen LogP contribution in [-0.4, -0.2) is 21.1 Å². The number of thioether (sulfide) groups is 1. The molecule has 0 radical (unpaired) electrons. The van der Waals surface area contributed by atoms with E-state index in [1.165, 1.54) is 17.9 Å². The van der Waals surface area contributed by atoms with Gasteiger partial charge in [-0.2, -0.15) is 11.8 Å². The van der Waals surface area contributed by atoms with Crippen molar-refractivity contribution >= 4 is 23.4 Å². The predicted molar refractivity (Wildman–Crippen MR) is 68.1 cm³/mol. The highest BCUT2D eigenvalue weighted by molar-refractivity contribution is 7.99. The Hall–Kier alpha value is -0.190. The van der Waals surface area contributed by atoms with Crippen molar-refractivity contribution in [3.8, 4) is 0 Å². The third-order valence-electron chi connectivity index (χ3n) is 3.53. The van der Waals surface area contributed by atoms with E-state index in [9.17, 15) is 0 Å². The number of halogens is 1. The van der Waals surface area contributed by atoms with Crippen LogP contribution in [0.3, 0.4) is 0 Å². The molecule has 1 fully saturated rings. The predicted octanol–water partition coefficient (Wildman–Crippen LogP) is 2.55. The first-order valence-electron chi connectivity index (χ1n) is 5.87. The lowest BCUT2D eigenvalue weighted by atomic mass is 10.1. The molecule has 0 aliphatic carbocycles. The standard InChI is InChI=1S/C11H16ClN3S/c12-10-8-2-1-3-9(13)15(8)11(14-10)7-4-5-16-6-7/h7,9H,1-6,13H2. The van der Waals surface area contributed by atoms with Crippen LogP contribution in [0.1, 0.15) is 42.9 Å². The van der Waals surface area contributed by atoms with Crippen molar-refractivity contribution < 1.29 is 0 Å². The van der Waals surface area contributed by atoms with Crippen LogP contribution < -0.4 is 5.73 Å². The fourth-order valence-corrected chi connectivity index (χ4v) is 4.17. The Kier molecular flexibility index (Phi) is 2.90. The Morgan fingerprint density at radius 1 is 1.44 bits per heavy atom. The maximum atomic E-state index is 6.21. The monoisotopic (exact) mass is 257 g/mol. The average Bonchev–Trinajstić information content (AvgIpc) is 2.87. The molecule has 0 saturated carbocycles. The van der Waals surface area contributed by atoms with E-state index in [0.29, 0.717) is 11.1 Å². The number of hydrogen-bond acceptors (Lipinski definition) is 3. The van der Waals surface area contributed by atoms with Crippen LogP contribution in [0.25, 0.3) is 0 Å². The lowest BCUT2D eigenvalue weighted by molar-refractivity contribution is 0.394. The highest BCUT2D eigenvalue weighted by Gasteiger charge is 2.29. The van der Waals surface area contributed by atoms with E-state index in [-0.39, 0.29) is 6.17 Å². The number of aromatic nitrogens is 2. The highest BCUT2D eigenvalue weighted by Crippen LogP contribution is 2.37. The maximum Gasteiger partial charge on any atom is 0.150 e. The molecule has 0 amide bonds. The van der Waals surface area contributed by atoms with Gasteiger partial charge in [0.15, 0.2) is 5.15 Å². The number of rotatable bonds is 1. The van der Waals surface area contributed by atoms with Crippen LogP contribution in [0.15, 0.2) is 0 Å². The van der Waals surface area contributed by atoms with E-state index < -0.39 is 0 Å². The molecule has 1 aromatic rings. The van der Waals surface area contributed by atoms with Crippen LogP contribution in [0.4, 0.5) is 0 Å². The Labute approximate surface area is 105 Å². The summed E-state index contributed by atoms with van der Waals surface area (Å²) in [5, 5.41) is 0.682. The zero-order chi connectivity index (χ0) is 11.1. The number of nitrogens with zero attached hydrogens (tertiary/aromatic N) is 2. The molecule has 2 aliphatic heterocycles. The van der Waals surface area contributed by atoms with E-state index in [2.05, 4.69) is 9.55 Å². The van der Waals surface area contributed by atoms with Crippen LogP contribution in [0.5, 0.6) is 0 Å². The first-order chi connectivity index (χ1) is 7.77. The van der Waals surface area contributed by atoms with Crippen LogP contribution in [0, 0.1) is 0 Å². The van der Waals surface area contributed by atoms with Gasteiger partial charge in [-0.15, -0.1) is 0 Å². The van der Waals surface area contributed by atoms with E-state index in [1.807, 2.05) is 11.8 Å². The third kappa shape index (κ3) is 1.67. The van der Waals surface area contributed by atoms with Gasteiger partial charge < -0.3 is 10.3 Å². The fourth-order valence-electron chi connectivity index (χ4n) is 2.68. The van der Waals surface area contributed by atoms with Gasteiger partial charge in [-0.05, 0) is 31.4 Å². The van der Waals surface area contributed by atoms with Crippen LogP contribution in [-0.2, 0) is 6.42 Å². The minimum absolute atomic E-state index is 0.0874. The minimum atomic E-state index is 0.0874. The van der Waals surface area contributed by atoms with E-state index in [4.69, 9.17) is 17.3 Å². The van der Waals surface area contributed by atoms with Crippen molar-refractivity contribution in [2.24, 2.45) is 5.73 Å². The van der Waals surface area contributed by atoms with Gasteiger partial charge >= 0.3 is 0 Å². The molecule has 0 bridgehead atoms. The summed E-state index contributed by atoms with van der Waals surface area (Å²) in [7, 11) is 0. The Morgan fingerprint density at radius 2 is 2.31 bits per heavy atom. The summed E-state index contributed by atoms with van der Waals surface area (Å²) in [4.78, 5) is 4.56. The van der Waals surface area contributed by atoms with Crippen molar-refractivity contribution in [3.63, 3.8) is 0 Å². The number of nitrogens with two attached hydrogens (primary N) is 1. The smallest absolute Gasteiger partial charge is 0.150 e. The molecule has 3 heterocycles. The average molecular weight is 258 g/mol. The lowest BCUT2D eigenvalue weighted by Crippen LogP contribution is -2.27. The molecule has 2 atom stereocenters. The number of fused-ring (bicyclic) bond motifs is 1. The molecular weight excluding hydrogens is 242 g/mol. The van der Waals surface area contributed by atoms with Gasteiger partial charge in [0.25, 0.3) is 0 Å². The molecule has 1 saturated heterocycles. The Bertz CT molecular complexity index is 398. The summed E-state index contributed by atoms with van der Waals surface area (Å²) in [6.07, 6.45) is 4.51. The summed E-state index contributed by atoms with van der Waals surface area (Å²) in [5.41, 5.74) is 7.35. The summed E-state index contributed by atoms with van der Waals surface area (Å²) in [6.45, 7) is 0. The zero-order valence-electron chi connectivity index (χ0n) is 9.16. The SMILES string of the molecule is NC1CCCc2c(Cl)nc(C3CCSC3)n21. The first kappa shape index (κ1) is 10.9. The summed E-state index contributed by atoms with van der Waals surface area (Å²) < 4.78 is 2.21. The van der Waals surface area contributed by atoms with Crippen molar-refractivity contribution in [2.75, 3.05) is 11.5 Å². The molecule has 3 nitrogen and oxygen atoms in total.